The summed E-state index contributed by atoms with van der Waals surface area (Å²) < 4.78 is 13.3. The van der Waals surface area contributed by atoms with Gasteiger partial charge in [0.05, 0.1) is 24.1 Å². The highest BCUT2D eigenvalue weighted by Crippen LogP contribution is 2.52. The van der Waals surface area contributed by atoms with Crippen molar-refractivity contribution >= 4 is 23.8 Å². The number of hydrazone groups is 1. The predicted molar refractivity (Wildman–Crippen MR) is 103 cm³/mol. The summed E-state index contributed by atoms with van der Waals surface area (Å²) in [5, 5.41) is 6.07. The molecule has 3 heterocycles. The number of ketones is 1. The summed E-state index contributed by atoms with van der Waals surface area (Å²) in [5.74, 6) is -2.87. The molecule has 0 spiro atoms. The molecule has 2 aromatic rings. The van der Waals surface area contributed by atoms with Crippen LogP contribution in [0.5, 0.6) is 0 Å². The Labute approximate surface area is 166 Å². The number of Topliss-reactive ketones (excluding diaryl/α,β-unsaturated/α-hetero) is 1. The van der Waals surface area contributed by atoms with Gasteiger partial charge in [-0.15, -0.1) is 0 Å². The monoisotopic (exact) mass is 391 g/mol. The van der Waals surface area contributed by atoms with Crippen LogP contribution in [0.25, 0.3) is 0 Å². The van der Waals surface area contributed by atoms with E-state index in [1.54, 1.807) is 18.1 Å². The van der Waals surface area contributed by atoms with Crippen LogP contribution in [0.15, 0.2) is 53.6 Å². The van der Waals surface area contributed by atoms with Crippen LogP contribution in [-0.2, 0) is 9.59 Å². The van der Waals surface area contributed by atoms with Crippen molar-refractivity contribution in [3.63, 3.8) is 0 Å². The lowest BCUT2D eigenvalue weighted by Gasteiger charge is -2.33. The molecule has 0 saturated carbocycles. The zero-order valence-corrected chi connectivity index (χ0v) is 15.7. The van der Waals surface area contributed by atoms with Crippen molar-refractivity contribution in [2.45, 2.75) is 19.0 Å². The maximum Gasteiger partial charge on any atom is 0.235 e. The number of carbonyl (C=O) groups is 3. The third kappa shape index (κ3) is 2.40. The van der Waals surface area contributed by atoms with Crippen LogP contribution >= 0.6 is 0 Å². The molecule has 4 atom stereocenters. The summed E-state index contributed by atoms with van der Waals surface area (Å²) in [6.07, 6.45) is 1.66. The Morgan fingerprint density at radius 3 is 2.45 bits per heavy atom. The quantitative estimate of drug-likeness (QED) is 0.595. The third-order valence-corrected chi connectivity index (χ3v) is 6.10. The molecule has 6 nitrogen and oxygen atoms in total. The highest BCUT2D eigenvalue weighted by atomic mass is 19.1. The van der Waals surface area contributed by atoms with Gasteiger partial charge in [0.2, 0.25) is 11.8 Å². The van der Waals surface area contributed by atoms with Crippen molar-refractivity contribution in [3.8, 4) is 0 Å². The molecule has 3 aliphatic rings. The summed E-state index contributed by atoms with van der Waals surface area (Å²) in [6.45, 7) is 2.01. The molecule has 0 bridgehead atoms. The number of benzene rings is 2. The lowest BCUT2D eigenvalue weighted by molar-refractivity contribution is -0.141. The predicted octanol–water partition coefficient (Wildman–Crippen LogP) is 2.40. The van der Waals surface area contributed by atoms with Crippen molar-refractivity contribution in [1.82, 2.24) is 9.91 Å². The smallest absolute Gasteiger partial charge is 0.235 e. The first-order valence-corrected chi connectivity index (χ1v) is 9.59. The van der Waals surface area contributed by atoms with E-state index in [4.69, 9.17) is 0 Å². The Balaban J connectivity index is 1.65. The number of fused-ring (bicyclic) bond motifs is 5. The van der Waals surface area contributed by atoms with Crippen molar-refractivity contribution in [1.29, 1.82) is 0 Å². The lowest BCUT2D eigenvalue weighted by atomic mass is 9.83. The topological polar surface area (TPSA) is 70.1 Å². The van der Waals surface area contributed by atoms with Gasteiger partial charge in [0, 0.05) is 12.1 Å². The average molecular weight is 391 g/mol. The first-order chi connectivity index (χ1) is 14.0. The second-order valence-electron chi connectivity index (χ2n) is 7.49. The van der Waals surface area contributed by atoms with E-state index in [9.17, 15) is 18.8 Å². The summed E-state index contributed by atoms with van der Waals surface area (Å²) in [5.41, 5.74) is 2.05. The molecule has 5 rings (SSSR count). The van der Waals surface area contributed by atoms with Crippen molar-refractivity contribution in [3.05, 3.63) is 71.0 Å². The zero-order valence-electron chi connectivity index (χ0n) is 15.7. The number of halogens is 1. The second-order valence-corrected chi connectivity index (χ2v) is 7.49. The van der Waals surface area contributed by atoms with Gasteiger partial charge in [-0.1, -0.05) is 24.3 Å². The lowest BCUT2D eigenvalue weighted by Crippen LogP contribution is -2.44. The van der Waals surface area contributed by atoms with Crippen LogP contribution in [0.2, 0.25) is 0 Å². The largest absolute Gasteiger partial charge is 0.292 e. The first kappa shape index (κ1) is 17.7. The number of nitrogens with zero attached hydrogens (tertiary/aromatic N) is 3. The van der Waals surface area contributed by atoms with Gasteiger partial charge in [0.15, 0.2) is 5.78 Å². The molecule has 7 heteroatoms. The molecule has 2 amide bonds. The van der Waals surface area contributed by atoms with Gasteiger partial charge >= 0.3 is 0 Å². The van der Waals surface area contributed by atoms with Crippen molar-refractivity contribution in [2.24, 2.45) is 16.9 Å². The van der Waals surface area contributed by atoms with Crippen LogP contribution in [0.3, 0.4) is 0 Å². The van der Waals surface area contributed by atoms with E-state index >= 15 is 0 Å². The van der Waals surface area contributed by atoms with E-state index in [1.807, 2.05) is 24.3 Å². The van der Waals surface area contributed by atoms with Gasteiger partial charge < -0.3 is 0 Å². The third-order valence-electron chi connectivity index (χ3n) is 6.10. The van der Waals surface area contributed by atoms with E-state index in [0.717, 1.165) is 11.1 Å². The number of hydrogen-bond acceptors (Lipinski definition) is 5. The number of amides is 2. The number of imide groups is 1. The minimum absolute atomic E-state index is 0.264. The van der Waals surface area contributed by atoms with Crippen LogP contribution in [0.1, 0.15) is 34.5 Å². The Bertz CT molecular complexity index is 1070. The van der Waals surface area contributed by atoms with E-state index in [-0.39, 0.29) is 24.1 Å². The standard InChI is InChI=1S/C22H18FN3O3/c1-2-25-21(28)16-17(22(25)29)19(20(27)12-7-9-14(23)10-8-12)26-18(16)15-6-4-3-5-13(15)11-24-26/h3-11,16-19H,2H2,1H3. The highest BCUT2D eigenvalue weighted by Gasteiger charge is 2.64. The van der Waals surface area contributed by atoms with E-state index in [1.165, 1.54) is 29.2 Å². The van der Waals surface area contributed by atoms with Crippen molar-refractivity contribution in [2.75, 3.05) is 6.54 Å². The molecule has 0 aromatic heterocycles. The van der Waals surface area contributed by atoms with Gasteiger partial charge in [-0.3, -0.25) is 24.3 Å². The fourth-order valence-corrected chi connectivity index (χ4v) is 4.83. The molecular formula is C22H18FN3O3. The summed E-state index contributed by atoms with van der Waals surface area (Å²) in [7, 11) is 0. The normalized spacial score (nSPS) is 27.1. The van der Waals surface area contributed by atoms with E-state index in [2.05, 4.69) is 5.10 Å². The highest BCUT2D eigenvalue weighted by molar-refractivity contribution is 6.12. The molecule has 0 aliphatic carbocycles. The molecule has 4 unspecified atom stereocenters. The number of rotatable bonds is 3. The van der Waals surface area contributed by atoms with Crippen LogP contribution in [-0.4, -0.2) is 46.3 Å². The summed E-state index contributed by atoms with van der Waals surface area (Å²) in [6, 6.07) is 11.4. The Morgan fingerprint density at radius 1 is 1.03 bits per heavy atom. The maximum absolute atomic E-state index is 13.4. The summed E-state index contributed by atoms with van der Waals surface area (Å²) in [4.78, 5) is 40.8. The molecule has 29 heavy (non-hydrogen) atoms. The Morgan fingerprint density at radius 2 is 1.72 bits per heavy atom. The van der Waals surface area contributed by atoms with Gasteiger partial charge in [0.25, 0.3) is 0 Å². The van der Waals surface area contributed by atoms with E-state index < -0.39 is 29.7 Å². The van der Waals surface area contributed by atoms with Gasteiger partial charge in [-0.25, -0.2) is 4.39 Å². The van der Waals surface area contributed by atoms with Gasteiger partial charge in [-0.05, 0) is 42.3 Å². The number of carbonyl (C=O) groups excluding carboxylic acids is 3. The molecule has 2 fully saturated rings. The second kappa shape index (κ2) is 6.34. The minimum atomic E-state index is -0.909. The van der Waals surface area contributed by atoms with E-state index in [0.29, 0.717) is 5.56 Å². The number of hydrogen-bond donors (Lipinski definition) is 0. The molecular weight excluding hydrogens is 373 g/mol. The fourth-order valence-electron chi connectivity index (χ4n) is 4.83. The molecule has 0 radical (unpaired) electrons. The molecule has 146 valence electrons. The first-order valence-electron chi connectivity index (χ1n) is 9.59. The van der Waals surface area contributed by atoms with Crippen molar-refractivity contribution < 1.29 is 18.8 Å². The number of likely N-dealkylation sites (tertiary alicyclic amines) is 1. The zero-order chi connectivity index (χ0) is 20.3. The van der Waals surface area contributed by atoms with Gasteiger partial charge in [0.1, 0.15) is 11.9 Å². The SMILES string of the molecule is CCN1C(=O)C2C(C1=O)C1c3ccccc3C=NN1C2C(=O)c1ccc(F)cc1. The van der Waals surface area contributed by atoms with Gasteiger partial charge in [-0.2, -0.15) is 5.10 Å². The summed E-state index contributed by atoms with van der Waals surface area (Å²) >= 11 is 0. The minimum Gasteiger partial charge on any atom is -0.292 e. The fraction of sp³-hybridized carbons (Fsp3) is 0.273. The molecule has 2 saturated heterocycles. The maximum atomic E-state index is 13.4. The van der Waals surface area contributed by atoms with Crippen LogP contribution < -0.4 is 0 Å². The Hall–Kier alpha value is -3.35. The van der Waals surface area contributed by atoms with Crippen LogP contribution in [0.4, 0.5) is 4.39 Å². The molecule has 2 aromatic carbocycles. The Kier molecular flexibility index (Phi) is 3.87. The molecule has 0 N–H and O–H groups in total. The average Bonchev–Trinajstić information content (AvgIpc) is 3.21. The van der Waals surface area contributed by atoms with Crippen LogP contribution in [0, 0.1) is 17.7 Å². The molecule has 3 aliphatic heterocycles.